The van der Waals surface area contributed by atoms with E-state index in [0.29, 0.717) is 25.7 Å². The minimum atomic E-state index is -4.95. The van der Waals surface area contributed by atoms with Crippen LogP contribution in [0.5, 0.6) is 0 Å². The van der Waals surface area contributed by atoms with Crippen LogP contribution < -0.4 is 0 Å². The highest BCUT2D eigenvalue weighted by molar-refractivity contribution is 7.47. The molecular formula is C71H138O17P2. The molecule has 19 heteroatoms. The number of esters is 4. The van der Waals surface area contributed by atoms with E-state index < -0.39 is 97.5 Å². The second-order valence-corrected chi connectivity index (χ2v) is 29.5. The van der Waals surface area contributed by atoms with Gasteiger partial charge in [-0.25, -0.2) is 9.13 Å². The molecule has 0 aromatic rings. The Hall–Kier alpha value is -1.94. The monoisotopic (exact) mass is 1320 g/mol. The fourth-order valence-corrected chi connectivity index (χ4v) is 12.3. The van der Waals surface area contributed by atoms with Crippen molar-refractivity contribution in [1.29, 1.82) is 0 Å². The van der Waals surface area contributed by atoms with Crippen LogP contribution in [-0.2, 0) is 65.4 Å². The number of hydrogen-bond acceptors (Lipinski definition) is 15. The van der Waals surface area contributed by atoms with Crippen LogP contribution in [0.2, 0.25) is 0 Å². The lowest BCUT2D eigenvalue weighted by Crippen LogP contribution is -2.30. The molecular weight excluding hydrogens is 1190 g/mol. The summed E-state index contributed by atoms with van der Waals surface area (Å²) in [6.07, 6.45) is 49.1. The van der Waals surface area contributed by atoms with Crippen molar-refractivity contribution in [3.8, 4) is 0 Å². The topological polar surface area (TPSA) is 237 Å². The third-order valence-corrected chi connectivity index (χ3v) is 18.4. The van der Waals surface area contributed by atoms with E-state index in [4.69, 9.17) is 37.0 Å². The summed E-state index contributed by atoms with van der Waals surface area (Å²) in [7, 11) is -9.89. The van der Waals surface area contributed by atoms with Gasteiger partial charge in [0, 0.05) is 25.7 Å². The van der Waals surface area contributed by atoms with E-state index in [9.17, 15) is 43.2 Å². The van der Waals surface area contributed by atoms with Crippen LogP contribution in [0.4, 0.5) is 0 Å². The molecule has 0 aliphatic carbocycles. The Bertz CT molecular complexity index is 1750. The number of hydrogen-bond donors (Lipinski definition) is 3. The van der Waals surface area contributed by atoms with Crippen molar-refractivity contribution in [2.24, 2.45) is 11.8 Å². The average molecular weight is 1330 g/mol. The molecule has 0 fully saturated rings. The van der Waals surface area contributed by atoms with Crippen LogP contribution in [-0.4, -0.2) is 96.7 Å². The molecule has 0 amide bonds. The number of carbonyl (C=O) groups excluding carboxylic acids is 4. The highest BCUT2D eigenvalue weighted by Gasteiger charge is 2.30. The Kier molecular flexibility index (Phi) is 61.8. The average Bonchev–Trinajstić information content (AvgIpc) is 3.58. The molecule has 0 aliphatic heterocycles. The summed E-state index contributed by atoms with van der Waals surface area (Å²) in [5.74, 6) is -0.625. The normalized spacial score (nSPS) is 14.1. The number of phosphoric acid groups is 2. The molecule has 0 aliphatic rings. The van der Waals surface area contributed by atoms with Gasteiger partial charge in [0.25, 0.3) is 0 Å². The fraction of sp³-hybridized carbons (Fsp3) is 0.944. The van der Waals surface area contributed by atoms with Crippen molar-refractivity contribution < 1.29 is 80.2 Å². The van der Waals surface area contributed by atoms with E-state index >= 15 is 0 Å². The number of carbonyl (C=O) groups is 4. The molecule has 2 unspecified atom stereocenters. The first-order valence-corrected chi connectivity index (χ1v) is 40.0. The zero-order chi connectivity index (χ0) is 66.5. The van der Waals surface area contributed by atoms with E-state index in [0.717, 1.165) is 108 Å². The summed E-state index contributed by atoms with van der Waals surface area (Å²) >= 11 is 0. The summed E-state index contributed by atoms with van der Waals surface area (Å²) in [6, 6.07) is 0. The predicted octanol–water partition coefficient (Wildman–Crippen LogP) is 20.4. The largest absolute Gasteiger partial charge is 0.472 e. The molecule has 0 radical (unpaired) electrons. The highest BCUT2D eigenvalue weighted by atomic mass is 31.2. The number of aliphatic hydroxyl groups excluding tert-OH is 1. The summed E-state index contributed by atoms with van der Waals surface area (Å²) in [4.78, 5) is 72.3. The highest BCUT2D eigenvalue weighted by Crippen LogP contribution is 2.45. The third-order valence-electron chi connectivity index (χ3n) is 16.5. The molecule has 0 heterocycles. The summed E-state index contributed by atoms with van der Waals surface area (Å²) < 4.78 is 68.1. The minimum absolute atomic E-state index is 0.104. The summed E-state index contributed by atoms with van der Waals surface area (Å²) in [5, 5.41) is 10.6. The van der Waals surface area contributed by atoms with Crippen molar-refractivity contribution in [2.45, 2.75) is 381 Å². The molecule has 534 valence electrons. The predicted molar refractivity (Wildman–Crippen MR) is 363 cm³/mol. The van der Waals surface area contributed by atoms with Gasteiger partial charge in [-0.15, -0.1) is 0 Å². The molecule has 0 aromatic carbocycles. The number of phosphoric ester groups is 2. The van der Waals surface area contributed by atoms with E-state index in [1.165, 1.54) is 173 Å². The van der Waals surface area contributed by atoms with E-state index in [1.807, 2.05) is 0 Å². The maximum Gasteiger partial charge on any atom is 0.472 e. The van der Waals surface area contributed by atoms with Crippen molar-refractivity contribution >= 4 is 39.5 Å². The van der Waals surface area contributed by atoms with Crippen molar-refractivity contribution in [3.63, 3.8) is 0 Å². The van der Waals surface area contributed by atoms with Gasteiger partial charge in [-0.2, -0.15) is 0 Å². The second-order valence-electron chi connectivity index (χ2n) is 26.6. The lowest BCUT2D eigenvalue weighted by molar-refractivity contribution is -0.161. The van der Waals surface area contributed by atoms with Gasteiger partial charge >= 0.3 is 39.5 Å². The summed E-state index contributed by atoms with van der Waals surface area (Å²) in [6.45, 7) is 9.44. The first-order chi connectivity index (χ1) is 43.4. The Balaban J connectivity index is 5.15. The fourth-order valence-electron chi connectivity index (χ4n) is 10.8. The molecule has 0 bridgehead atoms. The Morgan fingerprint density at radius 1 is 0.300 bits per heavy atom. The van der Waals surface area contributed by atoms with Crippen LogP contribution in [0, 0.1) is 11.8 Å². The molecule has 0 saturated heterocycles. The number of ether oxygens (including phenoxy) is 4. The van der Waals surface area contributed by atoms with Crippen LogP contribution in [0.15, 0.2) is 0 Å². The smallest absolute Gasteiger partial charge is 0.462 e. The standard InChI is InChI=1S/C71H138O17P2/c1-7-9-11-13-14-15-16-17-18-19-20-21-24-28-31-37-43-49-55-70(75)88-67(60-82-69(74)54-48-42-36-30-27-25-22-23-26-29-34-40-45-51-63(3)4)62-86-90(79,80)84-58-65(72)57-83-89(77,78)85-61-66(59-81-68(73)53-47-39-12-10-8-2)87-71(76)56-50-44-38-33-32-35-41-46-52-64(5)6/h63-67,72H,7-62H2,1-6H3,(H,77,78)(H,79,80)/t65-,66+,67+/m0/s1. The van der Waals surface area contributed by atoms with E-state index in [2.05, 4.69) is 41.5 Å². The first-order valence-electron chi connectivity index (χ1n) is 37.0. The molecule has 0 spiro atoms. The number of rotatable bonds is 70. The lowest BCUT2D eigenvalue weighted by atomic mass is 10.0. The van der Waals surface area contributed by atoms with Crippen LogP contribution in [0.25, 0.3) is 0 Å². The quantitative estimate of drug-likeness (QED) is 0.0222. The SMILES string of the molecule is CCCCCCCCCCCCCCCCCCCCC(=O)O[C@H](COC(=O)CCCCCCCCCCCCCCCC(C)C)COP(=O)(O)OC[C@@H](O)COP(=O)(O)OC[C@@H](COC(=O)CCCCCCC)OC(=O)CCCCCCCCCCC(C)C. The van der Waals surface area contributed by atoms with Crippen LogP contribution >= 0.6 is 15.6 Å². The minimum Gasteiger partial charge on any atom is -0.462 e. The maximum atomic E-state index is 13.0. The van der Waals surface area contributed by atoms with Crippen LogP contribution in [0.3, 0.4) is 0 Å². The van der Waals surface area contributed by atoms with Gasteiger partial charge in [0.2, 0.25) is 0 Å². The summed E-state index contributed by atoms with van der Waals surface area (Å²) in [5.41, 5.74) is 0. The molecule has 0 aromatic heterocycles. The maximum absolute atomic E-state index is 13.0. The molecule has 0 rings (SSSR count). The Morgan fingerprint density at radius 3 is 0.756 bits per heavy atom. The van der Waals surface area contributed by atoms with E-state index in [-0.39, 0.29) is 25.7 Å². The molecule has 5 atom stereocenters. The Morgan fingerprint density at radius 2 is 0.511 bits per heavy atom. The van der Waals surface area contributed by atoms with Gasteiger partial charge in [0.05, 0.1) is 26.4 Å². The van der Waals surface area contributed by atoms with Gasteiger partial charge < -0.3 is 33.8 Å². The lowest BCUT2D eigenvalue weighted by Gasteiger charge is -2.21. The zero-order valence-corrected chi connectivity index (χ0v) is 60.2. The third kappa shape index (κ3) is 64.8. The van der Waals surface area contributed by atoms with Gasteiger partial charge in [0.15, 0.2) is 12.2 Å². The molecule has 90 heavy (non-hydrogen) atoms. The van der Waals surface area contributed by atoms with Crippen LogP contribution in [0.1, 0.15) is 363 Å². The molecule has 0 saturated carbocycles. The number of unbranched alkanes of at least 4 members (excludes halogenated alkanes) is 40. The second kappa shape index (κ2) is 63.1. The van der Waals surface area contributed by atoms with Gasteiger partial charge in [0.1, 0.15) is 19.3 Å². The molecule has 3 N–H and O–H groups in total. The van der Waals surface area contributed by atoms with Gasteiger partial charge in [-0.3, -0.25) is 37.3 Å². The zero-order valence-electron chi connectivity index (χ0n) is 58.4. The van der Waals surface area contributed by atoms with Crippen molar-refractivity contribution in [3.05, 3.63) is 0 Å². The van der Waals surface area contributed by atoms with Crippen molar-refractivity contribution in [1.82, 2.24) is 0 Å². The Labute approximate surface area is 549 Å². The van der Waals surface area contributed by atoms with Gasteiger partial charge in [-0.1, -0.05) is 311 Å². The number of aliphatic hydroxyl groups is 1. The molecule has 17 nitrogen and oxygen atoms in total. The van der Waals surface area contributed by atoms with Gasteiger partial charge in [-0.05, 0) is 37.5 Å². The van der Waals surface area contributed by atoms with E-state index in [1.54, 1.807) is 0 Å². The first kappa shape index (κ1) is 88.1. The van der Waals surface area contributed by atoms with Crippen molar-refractivity contribution in [2.75, 3.05) is 39.6 Å².